The molecule has 0 spiro atoms. The van der Waals surface area contributed by atoms with Crippen molar-refractivity contribution in [2.45, 2.75) is 45.4 Å². The first-order valence-corrected chi connectivity index (χ1v) is 10.7. The van der Waals surface area contributed by atoms with Gasteiger partial charge in [-0.25, -0.2) is 0 Å². The second-order valence-electron chi connectivity index (χ2n) is 6.57. The number of aryl methyl sites for hydroxylation is 3. The minimum Gasteiger partial charge on any atom is -0.342 e. The van der Waals surface area contributed by atoms with Crippen LogP contribution in [0.2, 0.25) is 0 Å². The van der Waals surface area contributed by atoms with Gasteiger partial charge in [-0.15, -0.1) is 22.7 Å². The van der Waals surface area contributed by atoms with Crippen LogP contribution in [0.3, 0.4) is 0 Å². The number of fused-ring (bicyclic) bond motifs is 1. The van der Waals surface area contributed by atoms with E-state index < -0.39 is 5.91 Å². The molecule has 0 fully saturated rings. The predicted octanol–water partition coefficient (Wildman–Crippen LogP) is 2.97. The Kier molecular flexibility index (Phi) is 6.63. The van der Waals surface area contributed by atoms with E-state index in [0.717, 1.165) is 30.6 Å². The second-order valence-corrected chi connectivity index (χ2v) is 8.99. The van der Waals surface area contributed by atoms with Crippen LogP contribution in [0.15, 0.2) is 18.2 Å². The van der Waals surface area contributed by atoms with Crippen LogP contribution in [0, 0.1) is 6.92 Å². The molecule has 2 heterocycles. The fourth-order valence-electron chi connectivity index (χ4n) is 2.99. The number of hydrogen-bond donors (Lipinski definition) is 3. The van der Waals surface area contributed by atoms with E-state index in [1.807, 2.05) is 19.1 Å². The zero-order valence-corrected chi connectivity index (χ0v) is 16.9. The Hall–Kier alpha value is -2.19. The molecule has 3 N–H and O–H groups in total. The normalized spacial score (nSPS) is 13.8. The molecule has 0 bridgehead atoms. The highest BCUT2D eigenvalue weighted by Crippen LogP contribution is 2.28. The summed E-state index contributed by atoms with van der Waals surface area (Å²) in [5.74, 6) is -1.09. The lowest BCUT2D eigenvalue weighted by Gasteiger charge is -2.07. The maximum absolute atomic E-state index is 12.3. The van der Waals surface area contributed by atoms with Crippen LogP contribution in [0.4, 0.5) is 0 Å². The summed E-state index contributed by atoms with van der Waals surface area (Å²) >= 11 is 2.87. The Labute approximate surface area is 166 Å². The van der Waals surface area contributed by atoms with Crippen molar-refractivity contribution in [3.05, 3.63) is 43.3 Å². The highest BCUT2D eigenvalue weighted by Gasteiger charge is 2.16. The van der Waals surface area contributed by atoms with E-state index in [-0.39, 0.29) is 18.4 Å². The number of carbonyl (C=O) groups excluding carboxylic acids is 3. The molecule has 1 aliphatic rings. The summed E-state index contributed by atoms with van der Waals surface area (Å²) in [4.78, 5) is 39.6. The van der Waals surface area contributed by atoms with E-state index in [1.165, 1.54) is 46.0 Å². The third-order valence-electron chi connectivity index (χ3n) is 4.41. The molecule has 8 heteroatoms. The lowest BCUT2D eigenvalue weighted by molar-refractivity contribution is -0.120. The molecular weight excluding hydrogens is 382 g/mol. The van der Waals surface area contributed by atoms with Crippen LogP contribution in [0.5, 0.6) is 0 Å². The van der Waals surface area contributed by atoms with E-state index in [4.69, 9.17) is 0 Å². The van der Waals surface area contributed by atoms with Crippen molar-refractivity contribution < 1.29 is 14.4 Å². The van der Waals surface area contributed by atoms with Crippen molar-refractivity contribution in [1.29, 1.82) is 0 Å². The lowest BCUT2D eigenvalue weighted by atomic mass is 10.00. The lowest BCUT2D eigenvalue weighted by Crippen LogP contribution is -2.46. The molecule has 1 aliphatic carbocycles. The fraction of sp³-hybridized carbons (Fsp3) is 0.421. The van der Waals surface area contributed by atoms with Crippen molar-refractivity contribution in [3.8, 4) is 0 Å². The molecule has 2 aromatic heterocycles. The van der Waals surface area contributed by atoms with E-state index >= 15 is 0 Å². The SMILES string of the molecule is Cc1ccc(C(=O)NCC(=O)NNC(=O)c2cc3c(s2)CCCCCC3)s1. The molecule has 3 amide bonds. The summed E-state index contributed by atoms with van der Waals surface area (Å²) in [6.45, 7) is 1.71. The zero-order valence-electron chi connectivity index (χ0n) is 15.2. The Bertz CT molecular complexity index is 816. The largest absolute Gasteiger partial charge is 0.342 e. The maximum atomic E-state index is 12.3. The second kappa shape index (κ2) is 9.14. The minimum atomic E-state index is -0.472. The molecule has 0 unspecified atom stereocenters. The Morgan fingerprint density at radius 2 is 1.70 bits per heavy atom. The average Bonchev–Trinajstić information content (AvgIpc) is 3.24. The molecule has 0 radical (unpaired) electrons. The van der Waals surface area contributed by atoms with Gasteiger partial charge in [-0.2, -0.15) is 0 Å². The third kappa shape index (κ3) is 5.40. The maximum Gasteiger partial charge on any atom is 0.279 e. The molecule has 0 saturated carbocycles. The number of carbonyl (C=O) groups is 3. The average molecular weight is 406 g/mol. The molecule has 144 valence electrons. The van der Waals surface area contributed by atoms with E-state index in [2.05, 4.69) is 16.2 Å². The standard InChI is InChI=1S/C19H23N3O3S2/c1-12-8-9-15(26-12)18(24)20-11-17(23)21-22-19(25)16-10-13-6-4-2-3-5-7-14(13)27-16/h8-10H,2-7,11H2,1H3,(H,20,24)(H,21,23)(H,22,25). The van der Waals surface area contributed by atoms with Crippen LogP contribution >= 0.6 is 22.7 Å². The van der Waals surface area contributed by atoms with Gasteiger partial charge in [0, 0.05) is 9.75 Å². The summed E-state index contributed by atoms with van der Waals surface area (Å²) in [6, 6.07) is 5.51. The first-order valence-electron chi connectivity index (χ1n) is 9.08. The quantitative estimate of drug-likeness (QED) is 0.684. The summed E-state index contributed by atoms with van der Waals surface area (Å²) in [5, 5.41) is 2.54. The van der Waals surface area contributed by atoms with Crippen LogP contribution in [0.25, 0.3) is 0 Å². The van der Waals surface area contributed by atoms with Crippen molar-refractivity contribution in [1.82, 2.24) is 16.2 Å². The smallest absolute Gasteiger partial charge is 0.279 e. The van der Waals surface area contributed by atoms with E-state index in [0.29, 0.717) is 9.75 Å². The van der Waals surface area contributed by atoms with Gasteiger partial charge in [-0.1, -0.05) is 12.8 Å². The van der Waals surface area contributed by atoms with Crippen molar-refractivity contribution >= 4 is 40.4 Å². The Morgan fingerprint density at radius 1 is 0.926 bits per heavy atom. The molecule has 0 saturated heterocycles. The third-order valence-corrected chi connectivity index (χ3v) is 6.64. The molecule has 2 aromatic rings. The molecule has 0 aliphatic heterocycles. The van der Waals surface area contributed by atoms with Gasteiger partial charge in [0.15, 0.2) is 0 Å². The van der Waals surface area contributed by atoms with Gasteiger partial charge in [-0.05, 0) is 56.4 Å². The van der Waals surface area contributed by atoms with Gasteiger partial charge < -0.3 is 5.32 Å². The number of hydrazine groups is 1. The van der Waals surface area contributed by atoms with Crippen LogP contribution in [-0.4, -0.2) is 24.3 Å². The van der Waals surface area contributed by atoms with Gasteiger partial charge >= 0.3 is 0 Å². The number of hydrogen-bond acceptors (Lipinski definition) is 5. The molecule has 0 aromatic carbocycles. The monoisotopic (exact) mass is 405 g/mol. The van der Waals surface area contributed by atoms with Gasteiger partial charge in [-0.3, -0.25) is 25.2 Å². The first kappa shape index (κ1) is 19.6. The molecule has 0 atom stereocenters. The van der Waals surface area contributed by atoms with E-state index in [9.17, 15) is 14.4 Å². The zero-order chi connectivity index (χ0) is 19.2. The van der Waals surface area contributed by atoms with Crippen molar-refractivity contribution in [2.75, 3.05) is 6.54 Å². The predicted molar refractivity (Wildman–Crippen MR) is 107 cm³/mol. The van der Waals surface area contributed by atoms with Crippen LogP contribution in [-0.2, 0) is 17.6 Å². The molecule has 27 heavy (non-hydrogen) atoms. The first-order chi connectivity index (χ1) is 13.0. The van der Waals surface area contributed by atoms with Gasteiger partial charge in [0.25, 0.3) is 17.7 Å². The Balaban J connectivity index is 1.46. The fourth-order valence-corrected chi connectivity index (χ4v) is 4.93. The van der Waals surface area contributed by atoms with Gasteiger partial charge in [0.2, 0.25) is 0 Å². The number of thiophene rings is 2. The van der Waals surface area contributed by atoms with Crippen molar-refractivity contribution in [3.63, 3.8) is 0 Å². The summed E-state index contributed by atoms with van der Waals surface area (Å²) < 4.78 is 0. The van der Waals surface area contributed by atoms with Crippen LogP contribution < -0.4 is 16.2 Å². The molecule has 3 rings (SSSR count). The number of nitrogens with one attached hydrogen (secondary N) is 3. The summed E-state index contributed by atoms with van der Waals surface area (Å²) in [6.07, 6.45) is 6.84. The number of amides is 3. The topological polar surface area (TPSA) is 87.3 Å². The van der Waals surface area contributed by atoms with Crippen LogP contribution in [0.1, 0.15) is 60.3 Å². The number of rotatable bonds is 4. The molecule has 6 nitrogen and oxygen atoms in total. The summed E-state index contributed by atoms with van der Waals surface area (Å²) in [5.41, 5.74) is 6.04. The summed E-state index contributed by atoms with van der Waals surface area (Å²) in [7, 11) is 0. The van der Waals surface area contributed by atoms with Gasteiger partial charge in [0.1, 0.15) is 0 Å². The highest BCUT2D eigenvalue weighted by atomic mass is 32.1. The van der Waals surface area contributed by atoms with E-state index in [1.54, 1.807) is 6.07 Å². The highest BCUT2D eigenvalue weighted by molar-refractivity contribution is 7.14. The van der Waals surface area contributed by atoms with Crippen molar-refractivity contribution in [2.24, 2.45) is 0 Å². The van der Waals surface area contributed by atoms with Gasteiger partial charge in [0.05, 0.1) is 16.3 Å². The molecular formula is C19H23N3O3S2. The minimum absolute atomic E-state index is 0.197. The Morgan fingerprint density at radius 3 is 2.44 bits per heavy atom.